The zero-order valence-corrected chi connectivity index (χ0v) is 9.26. The summed E-state index contributed by atoms with van der Waals surface area (Å²) in [5.74, 6) is -2.11. The first kappa shape index (κ1) is 10.3. The molecule has 0 saturated heterocycles. The molecule has 88 valence electrons. The van der Waals surface area contributed by atoms with Crippen molar-refractivity contribution < 1.29 is 14.7 Å². The molecule has 17 heavy (non-hydrogen) atoms. The molecule has 0 aromatic heterocycles. The molecule has 4 heteroatoms. The average molecular weight is 230 g/mol. The quantitative estimate of drug-likeness (QED) is 0.716. The number of carbonyl (C=O) groups is 2. The monoisotopic (exact) mass is 230 g/mol. The van der Waals surface area contributed by atoms with Crippen LogP contribution in [0.5, 0.6) is 0 Å². The topological polar surface area (TPSA) is 60.4 Å². The summed E-state index contributed by atoms with van der Waals surface area (Å²) in [7, 11) is 0. The van der Waals surface area contributed by atoms with Crippen molar-refractivity contribution in [2.75, 3.05) is 11.4 Å². The molecule has 3 rings (SSSR count). The minimum absolute atomic E-state index is 0.0656. The Morgan fingerprint density at radius 2 is 2.00 bits per heavy atom. The van der Waals surface area contributed by atoms with Crippen LogP contribution in [0.4, 0.5) is 5.69 Å². The Labute approximate surface area is 98.9 Å². The van der Waals surface area contributed by atoms with Crippen LogP contribution < -0.4 is 10.0 Å². The summed E-state index contributed by atoms with van der Waals surface area (Å²) in [6.45, 7) is 0.661. The van der Waals surface area contributed by atoms with Gasteiger partial charge in [0.25, 0.3) is 0 Å². The maximum absolute atomic E-state index is 12.1. The molecule has 1 aromatic carbocycles. The normalized spacial score (nSPS) is 25.5. The van der Waals surface area contributed by atoms with E-state index in [0.717, 1.165) is 17.7 Å². The molecule has 0 N–H and O–H groups in total. The lowest BCUT2D eigenvalue weighted by Gasteiger charge is -2.17. The van der Waals surface area contributed by atoms with Crippen molar-refractivity contribution in [1.29, 1.82) is 0 Å². The van der Waals surface area contributed by atoms with E-state index in [1.54, 1.807) is 4.90 Å². The SMILES string of the molecule is O=C([O-])[C@H]1C[C@H]1C(=O)N1CCc2ccccc21. The molecule has 0 spiro atoms. The van der Waals surface area contributed by atoms with Gasteiger partial charge < -0.3 is 14.8 Å². The predicted molar refractivity (Wildman–Crippen MR) is 59.1 cm³/mol. The van der Waals surface area contributed by atoms with Crippen molar-refractivity contribution in [2.24, 2.45) is 11.8 Å². The van der Waals surface area contributed by atoms with Crippen LogP contribution in [0.25, 0.3) is 0 Å². The largest absolute Gasteiger partial charge is 0.550 e. The van der Waals surface area contributed by atoms with Gasteiger partial charge in [0.2, 0.25) is 5.91 Å². The zero-order chi connectivity index (χ0) is 12.0. The van der Waals surface area contributed by atoms with Gasteiger partial charge >= 0.3 is 0 Å². The van der Waals surface area contributed by atoms with Gasteiger partial charge in [-0.1, -0.05) is 18.2 Å². The van der Waals surface area contributed by atoms with Crippen LogP contribution in [0.1, 0.15) is 12.0 Å². The standard InChI is InChI=1S/C13H13NO3/c15-12(9-7-10(9)13(16)17)14-6-5-8-3-1-2-4-11(8)14/h1-4,9-10H,5-7H2,(H,16,17)/p-1/t9-,10+/m1/s1. The third-order valence-electron chi connectivity index (χ3n) is 3.56. The number of anilines is 1. The van der Waals surface area contributed by atoms with Crippen LogP contribution in [0, 0.1) is 11.8 Å². The van der Waals surface area contributed by atoms with Crippen molar-refractivity contribution in [2.45, 2.75) is 12.8 Å². The summed E-state index contributed by atoms with van der Waals surface area (Å²) in [4.78, 5) is 24.5. The first-order chi connectivity index (χ1) is 8.18. The molecule has 0 unspecified atom stereocenters. The Balaban J connectivity index is 1.79. The highest BCUT2D eigenvalue weighted by molar-refractivity contribution is 6.01. The van der Waals surface area contributed by atoms with Gasteiger partial charge in [0.15, 0.2) is 0 Å². The van der Waals surface area contributed by atoms with Gasteiger partial charge in [-0.25, -0.2) is 0 Å². The van der Waals surface area contributed by atoms with Gasteiger partial charge in [0, 0.05) is 30.0 Å². The summed E-state index contributed by atoms with van der Waals surface area (Å²) in [5.41, 5.74) is 2.09. The molecule has 1 aliphatic carbocycles. The Morgan fingerprint density at radius 1 is 1.24 bits per heavy atom. The number of carbonyl (C=O) groups excluding carboxylic acids is 2. The van der Waals surface area contributed by atoms with E-state index in [-0.39, 0.29) is 11.8 Å². The van der Waals surface area contributed by atoms with Gasteiger partial charge in [0.1, 0.15) is 0 Å². The minimum Gasteiger partial charge on any atom is -0.550 e. The molecule has 0 bridgehead atoms. The van der Waals surface area contributed by atoms with Crippen molar-refractivity contribution in [3.8, 4) is 0 Å². The summed E-state index contributed by atoms with van der Waals surface area (Å²) >= 11 is 0. The lowest BCUT2D eigenvalue weighted by molar-refractivity contribution is -0.308. The van der Waals surface area contributed by atoms with E-state index in [4.69, 9.17) is 0 Å². The van der Waals surface area contributed by atoms with Crippen molar-refractivity contribution in [1.82, 2.24) is 0 Å². The van der Waals surface area contributed by atoms with Crippen LogP contribution in [-0.2, 0) is 16.0 Å². The summed E-state index contributed by atoms with van der Waals surface area (Å²) < 4.78 is 0. The maximum Gasteiger partial charge on any atom is 0.230 e. The Hall–Kier alpha value is -1.84. The van der Waals surface area contributed by atoms with E-state index in [2.05, 4.69) is 0 Å². The fourth-order valence-electron chi connectivity index (χ4n) is 2.50. The summed E-state index contributed by atoms with van der Waals surface area (Å²) in [5, 5.41) is 10.7. The van der Waals surface area contributed by atoms with Gasteiger partial charge in [-0.15, -0.1) is 0 Å². The molecule has 1 aromatic rings. The van der Waals surface area contributed by atoms with Crippen LogP contribution in [0.2, 0.25) is 0 Å². The van der Waals surface area contributed by atoms with E-state index >= 15 is 0 Å². The molecular formula is C13H12NO3-. The van der Waals surface area contributed by atoms with E-state index in [1.165, 1.54) is 0 Å². The predicted octanol–water partition coefficient (Wildman–Crippen LogP) is -0.0383. The van der Waals surface area contributed by atoms with Gasteiger partial charge in [0.05, 0.1) is 0 Å². The van der Waals surface area contributed by atoms with Crippen LogP contribution >= 0.6 is 0 Å². The number of aliphatic carboxylic acids is 1. The van der Waals surface area contributed by atoms with Crippen molar-refractivity contribution >= 4 is 17.6 Å². The molecule has 1 heterocycles. The van der Waals surface area contributed by atoms with Gasteiger partial charge in [-0.3, -0.25) is 4.79 Å². The molecule has 2 atom stereocenters. The molecule has 4 nitrogen and oxygen atoms in total. The fraction of sp³-hybridized carbons (Fsp3) is 0.385. The van der Waals surface area contributed by atoms with Crippen molar-refractivity contribution in [3.63, 3.8) is 0 Å². The minimum atomic E-state index is -1.10. The van der Waals surface area contributed by atoms with E-state index in [9.17, 15) is 14.7 Å². The van der Waals surface area contributed by atoms with Gasteiger partial charge in [-0.05, 0) is 24.5 Å². The first-order valence-corrected chi connectivity index (χ1v) is 5.78. The number of nitrogens with zero attached hydrogens (tertiary/aromatic N) is 1. The number of carboxylic acids is 1. The first-order valence-electron chi connectivity index (χ1n) is 5.78. The highest BCUT2D eigenvalue weighted by Gasteiger charge is 2.46. The highest BCUT2D eigenvalue weighted by Crippen LogP contribution is 2.41. The van der Waals surface area contributed by atoms with Crippen LogP contribution in [0.3, 0.4) is 0 Å². The second-order valence-corrected chi connectivity index (χ2v) is 4.64. The van der Waals surface area contributed by atoms with E-state index in [0.29, 0.717) is 13.0 Å². The molecular weight excluding hydrogens is 218 g/mol. The lowest BCUT2D eigenvalue weighted by atomic mass is 10.2. The second kappa shape index (κ2) is 3.58. The Morgan fingerprint density at radius 3 is 2.71 bits per heavy atom. The second-order valence-electron chi connectivity index (χ2n) is 4.64. The number of hydrogen-bond acceptors (Lipinski definition) is 3. The third-order valence-corrected chi connectivity index (χ3v) is 3.56. The van der Waals surface area contributed by atoms with E-state index < -0.39 is 11.9 Å². The van der Waals surface area contributed by atoms with Crippen molar-refractivity contribution in [3.05, 3.63) is 29.8 Å². The Bertz CT molecular complexity index is 497. The number of benzene rings is 1. The third kappa shape index (κ3) is 1.60. The number of rotatable bonds is 2. The average Bonchev–Trinajstić information content (AvgIpc) is 3.02. The lowest BCUT2D eigenvalue weighted by Crippen LogP contribution is -2.33. The molecule has 1 amide bonds. The smallest absolute Gasteiger partial charge is 0.230 e. The fourth-order valence-corrected chi connectivity index (χ4v) is 2.50. The molecule has 0 radical (unpaired) electrons. The zero-order valence-electron chi connectivity index (χ0n) is 9.26. The van der Waals surface area contributed by atoms with Crippen LogP contribution in [0.15, 0.2) is 24.3 Å². The molecule has 2 aliphatic rings. The Kier molecular flexibility index (Phi) is 2.18. The van der Waals surface area contributed by atoms with E-state index in [1.807, 2.05) is 24.3 Å². The number of fused-ring (bicyclic) bond motifs is 1. The molecule has 1 saturated carbocycles. The molecule has 1 aliphatic heterocycles. The maximum atomic E-state index is 12.1. The summed E-state index contributed by atoms with van der Waals surface area (Å²) in [6, 6.07) is 7.77. The number of amides is 1. The number of carboxylic acid groups (broad SMARTS) is 1. The molecule has 1 fully saturated rings. The van der Waals surface area contributed by atoms with Crippen LogP contribution in [-0.4, -0.2) is 18.4 Å². The summed E-state index contributed by atoms with van der Waals surface area (Å²) in [6.07, 6.45) is 1.28. The number of hydrogen-bond donors (Lipinski definition) is 0. The number of para-hydroxylation sites is 1. The highest BCUT2D eigenvalue weighted by atomic mass is 16.4. The van der Waals surface area contributed by atoms with Gasteiger partial charge in [-0.2, -0.15) is 0 Å².